The van der Waals surface area contributed by atoms with Crippen LogP contribution in [0.2, 0.25) is 0 Å². The highest BCUT2D eigenvalue weighted by Gasteiger charge is 2.05. The third kappa shape index (κ3) is 7.14. The molecule has 4 heteroatoms. The molecule has 0 radical (unpaired) electrons. The Bertz CT molecular complexity index is 403. The Balaban J connectivity index is 2.38. The van der Waals surface area contributed by atoms with E-state index in [1.54, 1.807) is 0 Å². The summed E-state index contributed by atoms with van der Waals surface area (Å²) in [6.07, 6.45) is 4.47. The number of unbranched alkanes of at least 4 members (excludes halogenated alkanes) is 2. The van der Waals surface area contributed by atoms with E-state index >= 15 is 0 Å². The third-order valence-corrected chi connectivity index (χ3v) is 3.43. The summed E-state index contributed by atoms with van der Waals surface area (Å²) in [7, 11) is 0. The van der Waals surface area contributed by atoms with E-state index in [4.69, 9.17) is 0 Å². The van der Waals surface area contributed by atoms with E-state index in [1.165, 1.54) is 5.56 Å². The van der Waals surface area contributed by atoms with Crippen LogP contribution < -0.4 is 16.0 Å². The predicted molar refractivity (Wildman–Crippen MR) is 89.7 cm³/mol. The van der Waals surface area contributed by atoms with Gasteiger partial charge in [0.05, 0.1) is 0 Å². The molecule has 0 bridgehead atoms. The first-order valence-electron chi connectivity index (χ1n) is 8.05. The molecule has 0 aliphatic carbocycles. The van der Waals surface area contributed by atoms with Gasteiger partial charge in [-0.25, -0.2) is 4.79 Å². The minimum absolute atomic E-state index is 0.129. The first kappa shape index (κ1) is 17.5. The van der Waals surface area contributed by atoms with Gasteiger partial charge in [-0.2, -0.15) is 0 Å². The number of hydrogen-bond acceptors (Lipinski definition) is 2. The third-order valence-electron chi connectivity index (χ3n) is 3.43. The Morgan fingerprint density at radius 1 is 1.05 bits per heavy atom. The highest BCUT2D eigenvalue weighted by Crippen LogP contribution is 2.15. The molecular formula is C17H29N3O. The Labute approximate surface area is 128 Å². The van der Waals surface area contributed by atoms with Gasteiger partial charge in [-0.1, -0.05) is 38.8 Å². The predicted octanol–water partition coefficient (Wildman–Crippen LogP) is 4.06. The van der Waals surface area contributed by atoms with Gasteiger partial charge in [0, 0.05) is 18.3 Å². The Morgan fingerprint density at radius 2 is 1.76 bits per heavy atom. The molecule has 0 aromatic heterocycles. The van der Waals surface area contributed by atoms with Gasteiger partial charge < -0.3 is 16.0 Å². The molecule has 1 rings (SSSR count). The minimum atomic E-state index is -0.129. The van der Waals surface area contributed by atoms with Crippen LogP contribution in [0.25, 0.3) is 0 Å². The van der Waals surface area contributed by atoms with Gasteiger partial charge in [0.15, 0.2) is 0 Å². The Kier molecular flexibility index (Phi) is 8.51. The highest BCUT2D eigenvalue weighted by molar-refractivity contribution is 5.89. The molecule has 0 aliphatic heterocycles. The largest absolute Gasteiger partial charge is 0.338 e. The molecular weight excluding hydrogens is 262 g/mol. The van der Waals surface area contributed by atoms with Crippen LogP contribution in [0.1, 0.15) is 58.1 Å². The standard InChI is InChI=1S/C17H29N3O/c1-4-6-7-13-19-17(21)20-16-10-8-15(9-11-16)14(3)18-12-5-2/h8-11,14,18H,4-7,12-13H2,1-3H3,(H2,19,20,21). The molecule has 0 fully saturated rings. The molecule has 1 unspecified atom stereocenters. The van der Waals surface area contributed by atoms with E-state index in [0.29, 0.717) is 6.04 Å². The normalized spacial score (nSPS) is 12.0. The molecule has 4 nitrogen and oxygen atoms in total. The molecule has 1 aromatic carbocycles. The fourth-order valence-electron chi connectivity index (χ4n) is 2.09. The van der Waals surface area contributed by atoms with E-state index in [-0.39, 0.29) is 6.03 Å². The zero-order chi connectivity index (χ0) is 15.5. The minimum Gasteiger partial charge on any atom is -0.338 e. The molecule has 1 atom stereocenters. The van der Waals surface area contributed by atoms with Gasteiger partial charge >= 0.3 is 6.03 Å². The summed E-state index contributed by atoms with van der Waals surface area (Å²) < 4.78 is 0. The van der Waals surface area contributed by atoms with Crippen LogP contribution in [-0.4, -0.2) is 19.1 Å². The first-order valence-corrected chi connectivity index (χ1v) is 8.05. The second kappa shape index (κ2) is 10.2. The van der Waals surface area contributed by atoms with Crippen molar-refractivity contribution < 1.29 is 4.79 Å². The fourth-order valence-corrected chi connectivity index (χ4v) is 2.09. The number of hydrogen-bond donors (Lipinski definition) is 3. The fraction of sp³-hybridized carbons (Fsp3) is 0.588. The lowest BCUT2D eigenvalue weighted by molar-refractivity contribution is 0.252. The Hall–Kier alpha value is -1.55. The van der Waals surface area contributed by atoms with Gasteiger partial charge in [0.2, 0.25) is 0 Å². The lowest BCUT2D eigenvalue weighted by Gasteiger charge is -2.14. The van der Waals surface area contributed by atoms with Crippen molar-refractivity contribution >= 4 is 11.7 Å². The molecule has 0 heterocycles. The number of nitrogens with one attached hydrogen (secondary N) is 3. The number of rotatable bonds is 9. The van der Waals surface area contributed by atoms with Crippen molar-refractivity contribution in [2.24, 2.45) is 0 Å². The maximum Gasteiger partial charge on any atom is 0.319 e. The summed E-state index contributed by atoms with van der Waals surface area (Å²) in [6.45, 7) is 8.21. The average molecular weight is 291 g/mol. The molecule has 21 heavy (non-hydrogen) atoms. The maximum absolute atomic E-state index is 11.7. The van der Waals surface area contributed by atoms with Crippen molar-refractivity contribution in [2.75, 3.05) is 18.4 Å². The summed E-state index contributed by atoms with van der Waals surface area (Å²) in [5.41, 5.74) is 2.06. The van der Waals surface area contributed by atoms with Gasteiger partial charge in [-0.15, -0.1) is 0 Å². The second-order valence-electron chi connectivity index (χ2n) is 5.39. The van der Waals surface area contributed by atoms with Gasteiger partial charge in [-0.3, -0.25) is 0 Å². The van der Waals surface area contributed by atoms with Crippen LogP contribution in [0.3, 0.4) is 0 Å². The van der Waals surface area contributed by atoms with Crippen molar-refractivity contribution in [1.29, 1.82) is 0 Å². The molecule has 3 N–H and O–H groups in total. The summed E-state index contributed by atoms with van der Waals surface area (Å²) in [5, 5.41) is 9.18. The van der Waals surface area contributed by atoms with Crippen molar-refractivity contribution in [1.82, 2.24) is 10.6 Å². The summed E-state index contributed by atoms with van der Waals surface area (Å²) in [5.74, 6) is 0. The van der Waals surface area contributed by atoms with Gasteiger partial charge in [0.25, 0.3) is 0 Å². The SMILES string of the molecule is CCCCCNC(=O)Nc1ccc(C(C)NCCC)cc1. The number of anilines is 1. The van der Waals surface area contributed by atoms with Crippen LogP contribution in [0, 0.1) is 0 Å². The van der Waals surface area contributed by atoms with Crippen molar-refractivity contribution in [3.63, 3.8) is 0 Å². The smallest absolute Gasteiger partial charge is 0.319 e. The van der Waals surface area contributed by atoms with E-state index in [2.05, 4.69) is 48.9 Å². The van der Waals surface area contributed by atoms with Crippen LogP contribution in [0.5, 0.6) is 0 Å². The van der Waals surface area contributed by atoms with Crippen molar-refractivity contribution in [3.05, 3.63) is 29.8 Å². The first-order chi connectivity index (χ1) is 10.2. The van der Waals surface area contributed by atoms with Crippen LogP contribution >= 0.6 is 0 Å². The maximum atomic E-state index is 11.7. The zero-order valence-electron chi connectivity index (χ0n) is 13.5. The second-order valence-corrected chi connectivity index (χ2v) is 5.39. The Morgan fingerprint density at radius 3 is 2.38 bits per heavy atom. The number of urea groups is 1. The van der Waals surface area contributed by atoms with Crippen LogP contribution in [0.4, 0.5) is 10.5 Å². The van der Waals surface area contributed by atoms with Crippen LogP contribution in [-0.2, 0) is 0 Å². The van der Waals surface area contributed by atoms with Crippen molar-refractivity contribution in [2.45, 2.75) is 52.5 Å². The summed E-state index contributed by atoms with van der Waals surface area (Å²) in [6, 6.07) is 8.22. The van der Waals surface area contributed by atoms with E-state index in [1.807, 2.05) is 12.1 Å². The van der Waals surface area contributed by atoms with Crippen molar-refractivity contribution in [3.8, 4) is 0 Å². The van der Waals surface area contributed by atoms with Gasteiger partial charge in [0.1, 0.15) is 0 Å². The quantitative estimate of drug-likeness (QED) is 0.601. The molecule has 0 aliphatic rings. The number of carbonyl (C=O) groups is 1. The lowest BCUT2D eigenvalue weighted by atomic mass is 10.1. The topological polar surface area (TPSA) is 53.2 Å². The summed E-state index contributed by atoms with van der Waals surface area (Å²) >= 11 is 0. The number of benzene rings is 1. The van der Waals surface area contributed by atoms with E-state index < -0.39 is 0 Å². The molecule has 2 amide bonds. The lowest BCUT2D eigenvalue weighted by Crippen LogP contribution is -2.29. The zero-order valence-corrected chi connectivity index (χ0v) is 13.5. The highest BCUT2D eigenvalue weighted by atomic mass is 16.2. The van der Waals surface area contributed by atoms with Gasteiger partial charge in [-0.05, 0) is 44.0 Å². The number of carbonyl (C=O) groups excluding carboxylic acids is 1. The number of amides is 2. The van der Waals surface area contributed by atoms with E-state index in [9.17, 15) is 4.79 Å². The molecule has 1 aromatic rings. The summed E-state index contributed by atoms with van der Waals surface area (Å²) in [4.78, 5) is 11.7. The average Bonchev–Trinajstić information content (AvgIpc) is 2.50. The van der Waals surface area contributed by atoms with E-state index in [0.717, 1.165) is 44.5 Å². The molecule has 0 spiro atoms. The molecule has 118 valence electrons. The molecule has 0 saturated carbocycles. The monoisotopic (exact) mass is 291 g/mol. The molecule has 0 saturated heterocycles. The van der Waals surface area contributed by atoms with Crippen LogP contribution in [0.15, 0.2) is 24.3 Å².